The number of aromatic nitrogens is 4. The summed E-state index contributed by atoms with van der Waals surface area (Å²) in [7, 11) is -0.124. The number of ether oxygens (including phenoxy) is 4. The highest BCUT2D eigenvalue weighted by Gasteiger charge is 2.14. The van der Waals surface area contributed by atoms with Crippen molar-refractivity contribution in [2.75, 3.05) is 65.2 Å². The fourth-order valence-electron chi connectivity index (χ4n) is 3.16. The maximum absolute atomic E-state index is 12.6. The van der Waals surface area contributed by atoms with E-state index >= 15 is 0 Å². The second-order valence-electron chi connectivity index (χ2n) is 7.89. The molecule has 2 aromatic heterocycles. The van der Waals surface area contributed by atoms with Crippen LogP contribution in [0.25, 0.3) is 11.4 Å². The average molecular weight is 571 g/mol. The van der Waals surface area contributed by atoms with E-state index in [1.807, 2.05) is 18.5 Å². The Kier molecular flexibility index (Phi) is 13.6. The van der Waals surface area contributed by atoms with Crippen LogP contribution < -0.4 is 10.0 Å². The lowest BCUT2D eigenvalue weighted by molar-refractivity contribution is 0.00445. The number of methoxy groups -OCH3 is 1. The molecule has 12 nitrogen and oxygen atoms in total. The number of rotatable bonds is 17. The number of nitrogens with one attached hydrogen (secondary N) is 2. The van der Waals surface area contributed by atoms with E-state index in [0.717, 1.165) is 17.2 Å². The van der Waals surface area contributed by atoms with Crippen LogP contribution in [0.1, 0.15) is 5.82 Å². The predicted octanol–water partition coefficient (Wildman–Crippen LogP) is 2.33. The molecule has 2 heterocycles. The Balaban J connectivity index is 0.00000507. The molecule has 210 valence electrons. The van der Waals surface area contributed by atoms with E-state index in [4.69, 9.17) is 18.9 Å². The van der Waals surface area contributed by atoms with Crippen molar-refractivity contribution >= 4 is 34.1 Å². The number of sulfonamides is 1. The lowest BCUT2D eigenvalue weighted by Crippen LogP contribution is -2.27. The molecule has 0 aliphatic rings. The molecule has 0 aliphatic heterocycles. The van der Waals surface area contributed by atoms with Crippen LogP contribution in [0.5, 0.6) is 0 Å². The molecule has 0 unspecified atom stereocenters. The summed E-state index contributed by atoms with van der Waals surface area (Å²) in [6.45, 7) is 5.11. The molecule has 14 heteroatoms. The first-order valence-corrected chi connectivity index (χ1v) is 13.3. The van der Waals surface area contributed by atoms with E-state index in [1.165, 1.54) is 12.1 Å². The Morgan fingerprint density at radius 1 is 0.895 bits per heavy atom. The quantitative estimate of drug-likeness (QED) is 0.232. The third kappa shape index (κ3) is 9.91. The van der Waals surface area contributed by atoms with Gasteiger partial charge in [-0.3, -0.25) is 0 Å². The fourth-order valence-corrected chi connectivity index (χ4v) is 4.18. The van der Waals surface area contributed by atoms with Gasteiger partial charge < -0.3 is 28.8 Å². The van der Waals surface area contributed by atoms with Crippen LogP contribution in [0.2, 0.25) is 0 Å². The zero-order valence-electron chi connectivity index (χ0n) is 21.8. The Bertz CT molecular complexity index is 1210. The van der Waals surface area contributed by atoms with Gasteiger partial charge in [0.1, 0.15) is 5.82 Å². The van der Waals surface area contributed by atoms with Crippen molar-refractivity contribution in [3.63, 3.8) is 0 Å². The molecular weight excluding hydrogens is 536 g/mol. The van der Waals surface area contributed by atoms with Crippen LogP contribution >= 0.6 is 12.4 Å². The number of nitrogens with zero attached hydrogens (tertiary/aromatic N) is 4. The van der Waals surface area contributed by atoms with Gasteiger partial charge >= 0.3 is 0 Å². The van der Waals surface area contributed by atoms with Crippen LogP contribution in [0.15, 0.2) is 47.6 Å². The highest BCUT2D eigenvalue weighted by molar-refractivity contribution is 7.89. The SMILES string of the molecule is COCCOCCOCCOCCNS(=O)(=O)c1ccc(Nc2nccc(-c3cnc(C)n3C)n2)cc1.Cl. The summed E-state index contributed by atoms with van der Waals surface area (Å²) in [5.74, 6) is 1.27. The predicted molar refractivity (Wildman–Crippen MR) is 145 cm³/mol. The summed E-state index contributed by atoms with van der Waals surface area (Å²) in [5.41, 5.74) is 2.25. The molecule has 3 rings (SSSR count). The van der Waals surface area contributed by atoms with Crippen LogP contribution in [0.4, 0.5) is 11.6 Å². The summed E-state index contributed by atoms with van der Waals surface area (Å²) in [5, 5.41) is 3.10. The molecule has 1 aromatic carbocycles. The van der Waals surface area contributed by atoms with Crippen LogP contribution in [0, 0.1) is 6.92 Å². The minimum atomic E-state index is -3.66. The molecule has 0 aliphatic carbocycles. The van der Waals surface area contributed by atoms with Crippen molar-refractivity contribution in [1.29, 1.82) is 0 Å². The summed E-state index contributed by atoms with van der Waals surface area (Å²) in [4.78, 5) is 13.2. The second kappa shape index (κ2) is 16.3. The first-order chi connectivity index (χ1) is 17.9. The number of hydrogen-bond donors (Lipinski definition) is 2. The number of halogens is 1. The lowest BCUT2D eigenvalue weighted by atomic mass is 10.3. The molecule has 3 aromatic rings. The van der Waals surface area contributed by atoms with E-state index in [1.54, 1.807) is 37.7 Å². The highest BCUT2D eigenvalue weighted by Crippen LogP contribution is 2.21. The van der Waals surface area contributed by atoms with Gasteiger partial charge in [0.25, 0.3) is 0 Å². The van der Waals surface area contributed by atoms with Gasteiger partial charge in [0.2, 0.25) is 16.0 Å². The number of aryl methyl sites for hydroxylation is 1. The lowest BCUT2D eigenvalue weighted by Gasteiger charge is -2.10. The Hall–Kier alpha value is -2.65. The third-order valence-electron chi connectivity index (χ3n) is 5.27. The second-order valence-corrected chi connectivity index (χ2v) is 9.66. The topological polar surface area (TPSA) is 139 Å². The monoisotopic (exact) mass is 570 g/mol. The molecular formula is C24H35ClN6O6S. The van der Waals surface area contributed by atoms with Gasteiger partial charge in [-0.05, 0) is 37.3 Å². The Labute approximate surface area is 229 Å². The minimum Gasteiger partial charge on any atom is -0.382 e. The van der Waals surface area contributed by atoms with Crippen molar-refractivity contribution in [1.82, 2.24) is 24.2 Å². The van der Waals surface area contributed by atoms with Crippen LogP contribution in [-0.4, -0.2) is 87.8 Å². The van der Waals surface area contributed by atoms with Gasteiger partial charge in [0, 0.05) is 32.6 Å². The van der Waals surface area contributed by atoms with Gasteiger partial charge in [0.05, 0.1) is 68.7 Å². The first-order valence-electron chi connectivity index (χ1n) is 11.8. The Morgan fingerprint density at radius 2 is 1.53 bits per heavy atom. The molecule has 2 N–H and O–H groups in total. The van der Waals surface area contributed by atoms with Crippen molar-refractivity contribution in [2.45, 2.75) is 11.8 Å². The molecule has 0 bridgehead atoms. The molecule has 0 saturated carbocycles. The van der Waals surface area contributed by atoms with E-state index in [9.17, 15) is 8.42 Å². The van der Waals surface area contributed by atoms with E-state index in [-0.39, 0.29) is 30.5 Å². The van der Waals surface area contributed by atoms with E-state index in [0.29, 0.717) is 51.3 Å². The minimum absolute atomic E-state index is 0. The number of hydrogen-bond acceptors (Lipinski definition) is 10. The molecule has 0 saturated heterocycles. The van der Waals surface area contributed by atoms with Crippen molar-refractivity contribution in [3.8, 4) is 11.4 Å². The van der Waals surface area contributed by atoms with Crippen LogP contribution in [0.3, 0.4) is 0 Å². The molecule has 0 atom stereocenters. The maximum Gasteiger partial charge on any atom is 0.240 e. The molecule has 0 amide bonds. The summed E-state index contributed by atoms with van der Waals surface area (Å²) in [6.07, 6.45) is 3.41. The third-order valence-corrected chi connectivity index (χ3v) is 6.75. The largest absolute Gasteiger partial charge is 0.382 e. The summed E-state index contributed by atoms with van der Waals surface area (Å²) < 4.78 is 50.5. The van der Waals surface area contributed by atoms with Crippen molar-refractivity contribution in [3.05, 3.63) is 48.5 Å². The zero-order chi connectivity index (χ0) is 26.5. The summed E-state index contributed by atoms with van der Waals surface area (Å²) >= 11 is 0. The summed E-state index contributed by atoms with van der Waals surface area (Å²) in [6, 6.07) is 8.16. The number of anilines is 2. The van der Waals surface area contributed by atoms with E-state index < -0.39 is 10.0 Å². The van der Waals surface area contributed by atoms with Crippen molar-refractivity contribution < 1.29 is 27.4 Å². The Morgan fingerprint density at radius 3 is 2.13 bits per heavy atom. The van der Waals surface area contributed by atoms with Gasteiger partial charge in [-0.25, -0.2) is 28.1 Å². The van der Waals surface area contributed by atoms with E-state index in [2.05, 4.69) is 25.0 Å². The smallest absolute Gasteiger partial charge is 0.240 e. The standard InChI is InChI=1S/C24H34N6O6S.ClH/c1-19-26-18-23(30(19)2)22-8-9-25-24(29-22)28-20-4-6-21(7-5-20)37(31,32)27-10-11-34-14-15-36-17-16-35-13-12-33-3;/h4-9,18,27H,10-17H2,1-3H3,(H,25,28,29);1H. The first kappa shape index (κ1) is 31.6. The highest BCUT2D eigenvalue weighted by atomic mass is 35.5. The maximum atomic E-state index is 12.6. The molecule has 38 heavy (non-hydrogen) atoms. The van der Waals surface area contributed by atoms with Gasteiger partial charge in [0.15, 0.2) is 0 Å². The normalized spacial score (nSPS) is 11.3. The zero-order valence-corrected chi connectivity index (χ0v) is 23.4. The average Bonchev–Trinajstić information content (AvgIpc) is 3.23. The number of imidazole rings is 1. The number of benzene rings is 1. The van der Waals surface area contributed by atoms with Gasteiger partial charge in [-0.15, -0.1) is 12.4 Å². The molecule has 0 spiro atoms. The van der Waals surface area contributed by atoms with Gasteiger partial charge in [-0.1, -0.05) is 0 Å². The molecule has 0 radical (unpaired) electrons. The van der Waals surface area contributed by atoms with Gasteiger partial charge in [-0.2, -0.15) is 0 Å². The fraction of sp³-hybridized carbons (Fsp3) is 0.458. The molecule has 0 fully saturated rings. The van der Waals surface area contributed by atoms with Crippen molar-refractivity contribution in [2.24, 2.45) is 7.05 Å². The van der Waals surface area contributed by atoms with Crippen LogP contribution in [-0.2, 0) is 36.0 Å².